The standard InChI is InChI=1S/C25H18F3N5O3S2/c1-3-36-23(35)19-18(15-8-5-4-6-9-15)24(37-13-29)38-21(19)31-30-20-14(2)32-33(22(20)34)17-11-7-10-16(12-17)25(26,27)28/h4-12,31-32H,2-3H2,1H3/b30-20+. The third-order valence-corrected chi connectivity index (χ3v) is 7.07. The molecule has 8 nitrogen and oxygen atoms in total. The molecule has 4 rings (SSSR count). The number of nitriles is 1. The molecule has 3 aromatic rings. The second-order valence-electron chi connectivity index (χ2n) is 7.60. The molecule has 0 radical (unpaired) electrons. The highest BCUT2D eigenvalue weighted by molar-refractivity contribution is 8.05. The van der Waals surface area contributed by atoms with Crippen LogP contribution in [0, 0.1) is 10.7 Å². The Kier molecular flexibility index (Phi) is 7.75. The molecule has 0 aliphatic carbocycles. The SMILES string of the molecule is C=C1NN(c2cccc(C(F)(F)F)c2)C(=O)/C1=N/Nc1sc(SC#N)c(-c2ccccc2)c1C(=O)OCC. The monoisotopic (exact) mass is 557 g/mol. The summed E-state index contributed by atoms with van der Waals surface area (Å²) in [7, 11) is 0. The number of carbonyl (C=O) groups is 2. The zero-order valence-electron chi connectivity index (χ0n) is 19.6. The quantitative estimate of drug-likeness (QED) is 0.158. The van der Waals surface area contributed by atoms with E-state index >= 15 is 0 Å². The first-order valence-electron chi connectivity index (χ1n) is 10.9. The second kappa shape index (κ2) is 11.0. The Balaban J connectivity index is 1.71. The molecule has 38 heavy (non-hydrogen) atoms. The Morgan fingerprint density at radius 1 is 1.26 bits per heavy atom. The van der Waals surface area contributed by atoms with Crippen LogP contribution in [0.1, 0.15) is 22.8 Å². The van der Waals surface area contributed by atoms with E-state index in [9.17, 15) is 28.0 Å². The largest absolute Gasteiger partial charge is 0.462 e. The van der Waals surface area contributed by atoms with Crippen molar-refractivity contribution in [1.29, 1.82) is 5.26 Å². The Morgan fingerprint density at radius 2 is 2.00 bits per heavy atom. The topological polar surface area (TPSA) is 107 Å². The number of thiocyanates is 1. The minimum absolute atomic E-state index is 0.0315. The van der Waals surface area contributed by atoms with Crippen LogP contribution in [0.25, 0.3) is 11.1 Å². The van der Waals surface area contributed by atoms with Crippen molar-refractivity contribution in [2.75, 3.05) is 17.0 Å². The third kappa shape index (κ3) is 5.36. The second-order valence-corrected chi connectivity index (χ2v) is 9.67. The summed E-state index contributed by atoms with van der Waals surface area (Å²) in [5.41, 5.74) is 5.45. The fourth-order valence-corrected chi connectivity index (χ4v) is 5.39. The molecule has 1 aliphatic rings. The number of esters is 1. The Bertz CT molecular complexity index is 1480. The van der Waals surface area contributed by atoms with Crippen LogP contribution in [0.4, 0.5) is 23.9 Å². The number of carbonyl (C=O) groups excluding carboxylic acids is 2. The molecule has 2 aromatic carbocycles. The van der Waals surface area contributed by atoms with Crippen molar-refractivity contribution in [2.45, 2.75) is 17.3 Å². The number of alkyl halides is 3. The average Bonchev–Trinajstić information content (AvgIpc) is 3.39. The van der Waals surface area contributed by atoms with Gasteiger partial charge in [-0.3, -0.25) is 15.6 Å². The van der Waals surface area contributed by atoms with Gasteiger partial charge in [0.25, 0.3) is 5.91 Å². The maximum Gasteiger partial charge on any atom is 0.416 e. The molecule has 1 aromatic heterocycles. The number of thioether (sulfide) groups is 1. The van der Waals surface area contributed by atoms with Gasteiger partial charge in [-0.05, 0) is 30.7 Å². The number of hydrazine groups is 1. The lowest BCUT2D eigenvalue weighted by Crippen LogP contribution is -2.34. The lowest BCUT2D eigenvalue weighted by molar-refractivity contribution is -0.137. The number of thiophene rings is 1. The van der Waals surface area contributed by atoms with Crippen LogP contribution in [0.2, 0.25) is 0 Å². The molecular weight excluding hydrogens is 539 g/mol. The number of nitrogens with one attached hydrogen (secondary N) is 2. The van der Waals surface area contributed by atoms with Gasteiger partial charge in [0, 0.05) is 17.3 Å². The van der Waals surface area contributed by atoms with E-state index in [-0.39, 0.29) is 34.3 Å². The summed E-state index contributed by atoms with van der Waals surface area (Å²) in [6.07, 6.45) is -4.59. The van der Waals surface area contributed by atoms with Gasteiger partial charge in [-0.2, -0.15) is 23.5 Å². The van der Waals surface area contributed by atoms with Crippen molar-refractivity contribution in [1.82, 2.24) is 5.43 Å². The summed E-state index contributed by atoms with van der Waals surface area (Å²) in [6, 6.07) is 13.2. The van der Waals surface area contributed by atoms with Gasteiger partial charge < -0.3 is 4.74 Å². The van der Waals surface area contributed by atoms with Crippen LogP contribution in [0.15, 0.2) is 76.2 Å². The van der Waals surface area contributed by atoms with E-state index in [0.717, 1.165) is 40.2 Å². The number of halogens is 3. The van der Waals surface area contributed by atoms with Crippen LogP contribution in [-0.4, -0.2) is 24.2 Å². The number of hydrazone groups is 1. The number of hydrogen-bond acceptors (Lipinski definition) is 9. The molecule has 1 saturated heterocycles. The van der Waals surface area contributed by atoms with Gasteiger partial charge in [0.1, 0.15) is 16.0 Å². The smallest absolute Gasteiger partial charge is 0.416 e. The molecule has 1 amide bonds. The summed E-state index contributed by atoms with van der Waals surface area (Å²) in [5, 5.41) is 16.6. The van der Waals surface area contributed by atoms with Crippen molar-refractivity contribution < 1.29 is 27.5 Å². The number of anilines is 2. The van der Waals surface area contributed by atoms with E-state index in [4.69, 9.17) is 4.74 Å². The molecule has 0 spiro atoms. The van der Waals surface area contributed by atoms with Gasteiger partial charge in [-0.1, -0.05) is 43.0 Å². The molecule has 2 heterocycles. The number of ether oxygens (including phenoxy) is 1. The summed E-state index contributed by atoms with van der Waals surface area (Å²) >= 11 is 1.93. The highest BCUT2D eigenvalue weighted by Crippen LogP contribution is 2.46. The summed E-state index contributed by atoms with van der Waals surface area (Å²) in [4.78, 5) is 26.0. The summed E-state index contributed by atoms with van der Waals surface area (Å²) < 4.78 is 45.2. The summed E-state index contributed by atoms with van der Waals surface area (Å²) in [6.45, 7) is 5.48. The average molecular weight is 558 g/mol. The number of amides is 1. The van der Waals surface area contributed by atoms with Gasteiger partial charge >= 0.3 is 12.1 Å². The number of nitrogens with zero attached hydrogens (tertiary/aromatic N) is 3. The number of benzene rings is 2. The van der Waals surface area contributed by atoms with Crippen LogP contribution in [-0.2, 0) is 15.7 Å². The van der Waals surface area contributed by atoms with Crippen LogP contribution in [0.3, 0.4) is 0 Å². The molecule has 0 saturated carbocycles. The van der Waals surface area contributed by atoms with Crippen molar-refractivity contribution in [3.63, 3.8) is 0 Å². The summed E-state index contributed by atoms with van der Waals surface area (Å²) in [5.74, 6) is -1.42. The minimum Gasteiger partial charge on any atom is -0.462 e. The molecular formula is C25H18F3N5O3S2. The Labute approximate surface area is 223 Å². The molecule has 1 aliphatic heterocycles. The predicted octanol–water partition coefficient (Wildman–Crippen LogP) is 6.02. The fraction of sp³-hybridized carbons (Fsp3) is 0.120. The highest BCUT2D eigenvalue weighted by Gasteiger charge is 2.36. The van der Waals surface area contributed by atoms with Crippen molar-refractivity contribution >= 4 is 51.4 Å². The van der Waals surface area contributed by atoms with Crippen LogP contribution < -0.4 is 15.9 Å². The number of hydrogen-bond donors (Lipinski definition) is 2. The zero-order valence-corrected chi connectivity index (χ0v) is 21.3. The first-order chi connectivity index (χ1) is 18.2. The van der Waals surface area contributed by atoms with E-state index in [2.05, 4.69) is 22.5 Å². The minimum atomic E-state index is -4.59. The van der Waals surface area contributed by atoms with Crippen LogP contribution in [0.5, 0.6) is 0 Å². The normalized spacial score (nSPS) is 14.4. The van der Waals surface area contributed by atoms with Crippen molar-refractivity contribution in [3.05, 3.63) is 78.0 Å². The van der Waals surface area contributed by atoms with E-state index in [0.29, 0.717) is 15.3 Å². The van der Waals surface area contributed by atoms with Crippen molar-refractivity contribution in [2.24, 2.45) is 5.10 Å². The van der Waals surface area contributed by atoms with E-state index in [1.165, 1.54) is 12.1 Å². The maximum absolute atomic E-state index is 13.2. The maximum atomic E-state index is 13.2. The highest BCUT2D eigenvalue weighted by atomic mass is 32.2. The van der Waals surface area contributed by atoms with Gasteiger partial charge in [-0.25, -0.2) is 9.80 Å². The number of rotatable bonds is 7. The molecule has 0 bridgehead atoms. The van der Waals surface area contributed by atoms with Gasteiger partial charge in [0.05, 0.1) is 27.8 Å². The molecule has 194 valence electrons. The fourth-order valence-electron chi connectivity index (χ4n) is 3.57. The lowest BCUT2D eigenvalue weighted by Gasteiger charge is -2.17. The molecule has 13 heteroatoms. The first-order valence-corrected chi connectivity index (χ1v) is 12.6. The molecule has 0 atom stereocenters. The van der Waals surface area contributed by atoms with Gasteiger partial charge in [0.15, 0.2) is 5.71 Å². The van der Waals surface area contributed by atoms with E-state index < -0.39 is 23.6 Å². The third-order valence-electron chi connectivity index (χ3n) is 5.20. The first kappa shape index (κ1) is 26.8. The lowest BCUT2D eigenvalue weighted by atomic mass is 10.0. The molecule has 0 unspecified atom stereocenters. The van der Waals surface area contributed by atoms with E-state index in [1.54, 1.807) is 31.2 Å². The Hall–Kier alpha value is -4.28. The zero-order chi connectivity index (χ0) is 27.4. The van der Waals surface area contributed by atoms with Crippen LogP contribution >= 0.6 is 23.1 Å². The van der Waals surface area contributed by atoms with E-state index in [1.807, 2.05) is 11.5 Å². The Morgan fingerprint density at radius 3 is 2.66 bits per heavy atom. The molecule has 2 N–H and O–H groups in total. The van der Waals surface area contributed by atoms with Crippen molar-refractivity contribution in [3.8, 4) is 16.5 Å². The predicted molar refractivity (Wildman–Crippen MR) is 139 cm³/mol. The van der Waals surface area contributed by atoms with Gasteiger partial charge in [-0.15, -0.1) is 11.3 Å². The molecule has 1 fully saturated rings. The van der Waals surface area contributed by atoms with Gasteiger partial charge in [0.2, 0.25) is 0 Å².